The SMILES string of the molecule is C#CC(O)c1ccc(CCCCCCCCCC)cc1. The molecule has 0 saturated heterocycles. The highest BCUT2D eigenvalue weighted by molar-refractivity contribution is 5.27. The minimum absolute atomic E-state index is 0.771. The summed E-state index contributed by atoms with van der Waals surface area (Å²) in [7, 11) is 0. The van der Waals surface area contributed by atoms with E-state index < -0.39 is 6.10 Å². The van der Waals surface area contributed by atoms with E-state index in [9.17, 15) is 5.11 Å². The molecule has 0 aliphatic rings. The lowest BCUT2D eigenvalue weighted by atomic mass is 10.0. The van der Waals surface area contributed by atoms with E-state index in [0.717, 1.165) is 12.0 Å². The van der Waals surface area contributed by atoms with Gasteiger partial charge in [0.2, 0.25) is 0 Å². The third-order valence-corrected chi connectivity index (χ3v) is 3.77. The minimum Gasteiger partial charge on any atom is -0.376 e. The van der Waals surface area contributed by atoms with Crippen LogP contribution in [0.3, 0.4) is 0 Å². The highest BCUT2D eigenvalue weighted by atomic mass is 16.3. The van der Waals surface area contributed by atoms with Crippen LogP contribution in [0.25, 0.3) is 0 Å². The molecule has 20 heavy (non-hydrogen) atoms. The number of aryl methyl sites for hydroxylation is 1. The van der Waals surface area contributed by atoms with Crippen molar-refractivity contribution >= 4 is 0 Å². The molecule has 1 aromatic rings. The molecule has 0 aromatic heterocycles. The maximum Gasteiger partial charge on any atom is 0.139 e. The Labute approximate surface area is 124 Å². The second-order valence-corrected chi connectivity index (χ2v) is 5.54. The van der Waals surface area contributed by atoms with Crippen molar-refractivity contribution in [1.82, 2.24) is 0 Å². The number of aliphatic hydroxyl groups is 1. The van der Waals surface area contributed by atoms with Gasteiger partial charge in [-0.1, -0.05) is 82.1 Å². The smallest absolute Gasteiger partial charge is 0.139 e. The van der Waals surface area contributed by atoms with Crippen molar-refractivity contribution in [1.29, 1.82) is 0 Å². The summed E-state index contributed by atoms with van der Waals surface area (Å²) in [5.74, 6) is 2.34. The zero-order valence-electron chi connectivity index (χ0n) is 12.8. The molecule has 0 bridgehead atoms. The Hall–Kier alpha value is -1.26. The zero-order valence-corrected chi connectivity index (χ0v) is 12.8. The van der Waals surface area contributed by atoms with Crippen molar-refractivity contribution < 1.29 is 5.11 Å². The number of terminal acetylenes is 1. The standard InChI is InChI=1S/C19H28O/c1-3-5-6-7-8-9-10-11-12-17-13-15-18(16-14-17)19(20)4-2/h2,13-16,19-20H,3,5-12H2,1H3. The quantitative estimate of drug-likeness (QED) is 0.467. The van der Waals surface area contributed by atoms with Gasteiger partial charge in [-0.15, -0.1) is 6.42 Å². The largest absolute Gasteiger partial charge is 0.376 e. The first-order valence-corrected chi connectivity index (χ1v) is 8.01. The molecule has 0 heterocycles. The first-order valence-electron chi connectivity index (χ1n) is 8.01. The van der Waals surface area contributed by atoms with E-state index in [2.05, 4.69) is 25.0 Å². The second-order valence-electron chi connectivity index (χ2n) is 5.54. The van der Waals surface area contributed by atoms with Gasteiger partial charge in [-0.25, -0.2) is 0 Å². The van der Waals surface area contributed by atoms with Gasteiger partial charge in [-0.3, -0.25) is 0 Å². The van der Waals surface area contributed by atoms with Crippen molar-refractivity contribution in [3.63, 3.8) is 0 Å². The summed E-state index contributed by atoms with van der Waals surface area (Å²) in [6.07, 6.45) is 16.4. The Morgan fingerprint density at radius 2 is 1.50 bits per heavy atom. The van der Waals surface area contributed by atoms with Gasteiger partial charge in [0.1, 0.15) is 6.10 Å². The molecule has 1 atom stereocenters. The van der Waals surface area contributed by atoms with Crippen LogP contribution >= 0.6 is 0 Å². The molecule has 0 aliphatic carbocycles. The molecular weight excluding hydrogens is 244 g/mol. The van der Waals surface area contributed by atoms with Gasteiger partial charge >= 0.3 is 0 Å². The van der Waals surface area contributed by atoms with Crippen LogP contribution in [0, 0.1) is 12.3 Å². The van der Waals surface area contributed by atoms with Crippen LogP contribution in [0.5, 0.6) is 0 Å². The van der Waals surface area contributed by atoms with Crippen molar-refractivity contribution in [2.45, 2.75) is 70.8 Å². The molecule has 0 radical (unpaired) electrons. The van der Waals surface area contributed by atoms with E-state index in [1.165, 1.54) is 56.9 Å². The molecular formula is C19H28O. The summed E-state index contributed by atoms with van der Waals surface area (Å²) in [4.78, 5) is 0. The molecule has 1 N–H and O–H groups in total. The fraction of sp³-hybridized carbons (Fsp3) is 0.579. The average molecular weight is 272 g/mol. The summed E-state index contributed by atoms with van der Waals surface area (Å²) >= 11 is 0. The number of benzene rings is 1. The van der Waals surface area contributed by atoms with E-state index in [1.54, 1.807) is 0 Å². The highest BCUT2D eigenvalue weighted by Crippen LogP contribution is 2.15. The molecule has 0 amide bonds. The van der Waals surface area contributed by atoms with Crippen LogP contribution in [0.1, 0.15) is 75.5 Å². The topological polar surface area (TPSA) is 20.2 Å². The number of hydrogen-bond acceptors (Lipinski definition) is 1. The zero-order chi connectivity index (χ0) is 14.6. The van der Waals surface area contributed by atoms with Crippen molar-refractivity contribution in [3.8, 4) is 12.3 Å². The van der Waals surface area contributed by atoms with Gasteiger partial charge in [0.25, 0.3) is 0 Å². The monoisotopic (exact) mass is 272 g/mol. The van der Waals surface area contributed by atoms with E-state index >= 15 is 0 Å². The Morgan fingerprint density at radius 3 is 2.05 bits per heavy atom. The Balaban J connectivity index is 2.12. The lowest BCUT2D eigenvalue weighted by Gasteiger charge is -2.06. The second kappa shape index (κ2) is 10.5. The van der Waals surface area contributed by atoms with E-state index in [-0.39, 0.29) is 0 Å². The predicted molar refractivity (Wildman–Crippen MR) is 86.5 cm³/mol. The first-order chi connectivity index (χ1) is 9.77. The van der Waals surface area contributed by atoms with Gasteiger partial charge < -0.3 is 5.11 Å². The van der Waals surface area contributed by atoms with Gasteiger partial charge in [-0.2, -0.15) is 0 Å². The lowest BCUT2D eigenvalue weighted by molar-refractivity contribution is 0.238. The summed E-state index contributed by atoms with van der Waals surface area (Å²) in [6.45, 7) is 2.26. The summed E-state index contributed by atoms with van der Waals surface area (Å²) < 4.78 is 0. The maximum absolute atomic E-state index is 9.52. The number of rotatable bonds is 10. The molecule has 1 heteroatoms. The normalized spacial score (nSPS) is 12.1. The number of hydrogen-bond donors (Lipinski definition) is 1. The van der Waals surface area contributed by atoms with E-state index in [0.29, 0.717) is 0 Å². The molecule has 0 fully saturated rings. The number of aliphatic hydroxyl groups excluding tert-OH is 1. The van der Waals surface area contributed by atoms with Crippen LogP contribution in [0.2, 0.25) is 0 Å². The van der Waals surface area contributed by atoms with E-state index in [4.69, 9.17) is 6.42 Å². The maximum atomic E-state index is 9.52. The molecule has 1 nitrogen and oxygen atoms in total. The van der Waals surface area contributed by atoms with E-state index in [1.807, 2.05) is 12.1 Å². The lowest BCUT2D eigenvalue weighted by Crippen LogP contribution is -1.94. The van der Waals surface area contributed by atoms with Gasteiger partial charge in [0, 0.05) is 0 Å². The first kappa shape index (κ1) is 16.8. The Morgan fingerprint density at radius 1 is 0.950 bits per heavy atom. The summed E-state index contributed by atoms with van der Waals surface area (Å²) in [5, 5.41) is 9.52. The minimum atomic E-state index is -0.771. The van der Waals surface area contributed by atoms with Gasteiger partial charge in [0.15, 0.2) is 0 Å². The predicted octanol–water partition coefficient (Wildman–Crippen LogP) is 5.04. The van der Waals surface area contributed by atoms with Gasteiger partial charge in [0.05, 0.1) is 0 Å². The van der Waals surface area contributed by atoms with Crippen molar-refractivity contribution in [2.75, 3.05) is 0 Å². The molecule has 1 unspecified atom stereocenters. The molecule has 1 rings (SSSR count). The number of unbranched alkanes of at least 4 members (excludes halogenated alkanes) is 7. The molecule has 1 aromatic carbocycles. The van der Waals surface area contributed by atoms with Gasteiger partial charge in [-0.05, 0) is 24.0 Å². The molecule has 0 spiro atoms. The third kappa shape index (κ3) is 6.78. The fourth-order valence-corrected chi connectivity index (χ4v) is 2.43. The van der Waals surface area contributed by atoms with Crippen LogP contribution in [0.15, 0.2) is 24.3 Å². The molecule has 110 valence electrons. The van der Waals surface area contributed by atoms with Crippen molar-refractivity contribution in [2.24, 2.45) is 0 Å². The van der Waals surface area contributed by atoms with Crippen LogP contribution < -0.4 is 0 Å². The van der Waals surface area contributed by atoms with Crippen LogP contribution in [-0.2, 0) is 6.42 Å². The summed E-state index contributed by atoms with van der Waals surface area (Å²) in [5.41, 5.74) is 2.15. The highest BCUT2D eigenvalue weighted by Gasteiger charge is 2.02. The Bertz CT molecular complexity index is 385. The van der Waals surface area contributed by atoms with Crippen LogP contribution in [-0.4, -0.2) is 5.11 Å². The van der Waals surface area contributed by atoms with Crippen molar-refractivity contribution in [3.05, 3.63) is 35.4 Å². The molecule has 0 aliphatic heterocycles. The molecule has 0 saturated carbocycles. The third-order valence-electron chi connectivity index (χ3n) is 3.77. The Kier molecular flexibility index (Phi) is 8.83. The summed E-state index contributed by atoms with van der Waals surface area (Å²) in [6, 6.07) is 8.03. The fourth-order valence-electron chi connectivity index (χ4n) is 2.43. The average Bonchev–Trinajstić information content (AvgIpc) is 2.50. The van der Waals surface area contributed by atoms with Crippen LogP contribution in [0.4, 0.5) is 0 Å².